The molecule has 0 saturated heterocycles. The number of nitrogens with one attached hydrogen (secondary N) is 1. The second-order valence-corrected chi connectivity index (χ2v) is 9.93. The van der Waals surface area contributed by atoms with E-state index in [0.29, 0.717) is 5.69 Å². The number of fused-ring (bicyclic) bond motifs is 2. The summed E-state index contributed by atoms with van der Waals surface area (Å²) < 4.78 is 27.2. The monoisotopic (exact) mass is 403 g/mol. The fraction of sp³-hybridized carbons (Fsp3) is 0.200. The minimum atomic E-state index is -3.37. The Hall–Kier alpha value is -2.85. The molecule has 4 rings (SSSR count). The number of sulfonamides is 1. The van der Waals surface area contributed by atoms with E-state index in [1.54, 1.807) is 19.9 Å². The summed E-state index contributed by atoms with van der Waals surface area (Å²) in [5.41, 5.74) is 7.89. The van der Waals surface area contributed by atoms with Gasteiger partial charge in [0.2, 0.25) is 10.0 Å². The van der Waals surface area contributed by atoms with E-state index in [0.717, 1.165) is 18.4 Å². The molecule has 0 aliphatic heterocycles. The molecule has 3 nitrogen and oxygen atoms in total. The summed E-state index contributed by atoms with van der Waals surface area (Å²) >= 11 is 0. The maximum atomic E-state index is 12.2. The maximum absolute atomic E-state index is 12.2. The highest BCUT2D eigenvalue weighted by Gasteiger charge is 2.18. The molecule has 4 heteroatoms. The molecule has 3 aromatic rings. The van der Waals surface area contributed by atoms with Crippen molar-refractivity contribution in [3.8, 4) is 0 Å². The Bertz CT molecular complexity index is 1130. The SMILES string of the molecule is CC(C)S(=O)(=O)Nc1cccc(C=C2c3ccccc3CCc3ccccc32)c1. The van der Waals surface area contributed by atoms with E-state index in [4.69, 9.17) is 0 Å². The van der Waals surface area contributed by atoms with Crippen LogP contribution < -0.4 is 4.72 Å². The molecular formula is C25H25NO2S. The second kappa shape index (κ2) is 7.88. The molecule has 1 N–H and O–H groups in total. The molecule has 1 aliphatic carbocycles. The van der Waals surface area contributed by atoms with Gasteiger partial charge in [0.15, 0.2) is 0 Å². The van der Waals surface area contributed by atoms with Gasteiger partial charge in [-0.2, -0.15) is 0 Å². The predicted molar refractivity (Wildman–Crippen MR) is 121 cm³/mol. The van der Waals surface area contributed by atoms with Crippen molar-refractivity contribution in [1.82, 2.24) is 0 Å². The third kappa shape index (κ3) is 4.13. The van der Waals surface area contributed by atoms with Crippen LogP contribution in [0, 0.1) is 0 Å². The number of anilines is 1. The van der Waals surface area contributed by atoms with E-state index in [1.807, 2.05) is 18.2 Å². The molecule has 0 fully saturated rings. The Labute approximate surface area is 173 Å². The Balaban J connectivity index is 1.82. The largest absolute Gasteiger partial charge is 0.283 e. The highest BCUT2D eigenvalue weighted by atomic mass is 32.2. The molecule has 0 heterocycles. The molecule has 1 aliphatic rings. The fourth-order valence-corrected chi connectivity index (χ4v) is 4.40. The highest BCUT2D eigenvalue weighted by Crippen LogP contribution is 2.35. The fourth-order valence-electron chi connectivity index (χ4n) is 3.71. The summed E-state index contributed by atoms with van der Waals surface area (Å²) in [6, 6.07) is 24.7. The van der Waals surface area contributed by atoms with E-state index >= 15 is 0 Å². The topological polar surface area (TPSA) is 46.2 Å². The quantitative estimate of drug-likeness (QED) is 0.623. The van der Waals surface area contributed by atoms with Crippen molar-refractivity contribution < 1.29 is 8.42 Å². The predicted octanol–water partition coefficient (Wildman–Crippen LogP) is 5.52. The van der Waals surface area contributed by atoms with Crippen molar-refractivity contribution in [3.05, 3.63) is 101 Å². The summed E-state index contributed by atoms with van der Waals surface area (Å²) in [7, 11) is -3.37. The maximum Gasteiger partial charge on any atom is 0.235 e. The molecule has 0 spiro atoms. The number of rotatable bonds is 4. The average Bonchev–Trinajstić information content (AvgIpc) is 2.86. The summed E-state index contributed by atoms with van der Waals surface area (Å²) in [5.74, 6) is 0. The molecule has 0 atom stereocenters. The van der Waals surface area contributed by atoms with Crippen LogP contribution >= 0.6 is 0 Å². The first-order valence-electron chi connectivity index (χ1n) is 9.94. The average molecular weight is 404 g/mol. The second-order valence-electron chi connectivity index (χ2n) is 7.69. The first kappa shape index (κ1) is 19.5. The molecule has 0 amide bonds. The lowest BCUT2D eigenvalue weighted by atomic mass is 9.92. The first-order valence-corrected chi connectivity index (χ1v) is 11.5. The number of benzene rings is 3. The van der Waals surface area contributed by atoms with Gasteiger partial charge in [-0.05, 0) is 78.3 Å². The Morgan fingerprint density at radius 3 is 2.00 bits per heavy atom. The zero-order chi connectivity index (χ0) is 20.4. The number of hydrogen-bond acceptors (Lipinski definition) is 2. The van der Waals surface area contributed by atoms with Crippen LogP contribution in [0.3, 0.4) is 0 Å². The standard InChI is InChI=1S/C25H25NO2S/c1-18(2)29(27,28)26-22-11-7-8-19(16-22)17-25-23-12-5-3-9-20(23)14-15-21-10-4-6-13-24(21)25/h3-13,16-18,26H,14-15H2,1-2H3. The van der Waals surface area contributed by atoms with Gasteiger partial charge in [0.1, 0.15) is 0 Å². The van der Waals surface area contributed by atoms with Crippen LogP contribution in [0.5, 0.6) is 0 Å². The summed E-state index contributed by atoms with van der Waals surface area (Å²) in [5, 5.41) is -0.481. The summed E-state index contributed by atoms with van der Waals surface area (Å²) in [4.78, 5) is 0. The molecule has 0 unspecified atom stereocenters. The van der Waals surface area contributed by atoms with Crippen molar-refractivity contribution in [1.29, 1.82) is 0 Å². The van der Waals surface area contributed by atoms with Crippen LogP contribution in [-0.2, 0) is 22.9 Å². The Kier molecular flexibility index (Phi) is 5.29. The molecule has 148 valence electrons. The smallest absolute Gasteiger partial charge is 0.235 e. The molecule has 0 radical (unpaired) electrons. The first-order chi connectivity index (χ1) is 13.9. The number of aryl methyl sites for hydroxylation is 2. The van der Waals surface area contributed by atoms with Gasteiger partial charge in [-0.3, -0.25) is 4.72 Å². The van der Waals surface area contributed by atoms with Crippen molar-refractivity contribution in [2.45, 2.75) is 31.9 Å². The lowest BCUT2D eigenvalue weighted by Crippen LogP contribution is -2.22. The van der Waals surface area contributed by atoms with Gasteiger partial charge < -0.3 is 0 Å². The molecule has 3 aromatic carbocycles. The van der Waals surface area contributed by atoms with Crippen LogP contribution in [0.4, 0.5) is 5.69 Å². The zero-order valence-corrected chi connectivity index (χ0v) is 17.5. The van der Waals surface area contributed by atoms with E-state index in [9.17, 15) is 8.42 Å². The Morgan fingerprint density at radius 1 is 0.828 bits per heavy atom. The molecule has 0 aromatic heterocycles. The molecule has 0 bridgehead atoms. The highest BCUT2D eigenvalue weighted by molar-refractivity contribution is 7.93. The normalized spacial score (nSPS) is 13.4. The van der Waals surface area contributed by atoms with Gasteiger partial charge in [0.25, 0.3) is 0 Å². The summed E-state index contributed by atoms with van der Waals surface area (Å²) in [6.45, 7) is 3.35. The van der Waals surface area contributed by atoms with Crippen LogP contribution in [0.1, 0.15) is 41.7 Å². The summed E-state index contributed by atoms with van der Waals surface area (Å²) in [6.07, 6.45) is 4.19. The Morgan fingerprint density at radius 2 is 1.41 bits per heavy atom. The van der Waals surface area contributed by atoms with Crippen molar-refractivity contribution in [2.75, 3.05) is 4.72 Å². The number of hydrogen-bond donors (Lipinski definition) is 1. The van der Waals surface area contributed by atoms with Gasteiger partial charge >= 0.3 is 0 Å². The van der Waals surface area contributed by atoms with E-state index in [2.05, 4.69) is 59.3 Å². The van der Waals surface area contributed by atoms with Crippen molar-refractivity contribution in [2.24, 2.45) is 0 Å². The van der Waals surface area contributed by atoms with Gasteiger partial charge in [0.05, 0.1) is 5.25 Å². The minimum Gasteiger partial charge on any atom is -0.283 e. The van der Waals surface area contributed by atoms with E-state index in [-0.39, 0.29) is 0 Å². The van der Waals surface area contributed by atoms with Crippen molar-refractivity contribution >= 4 is 27.4 Å². The van der Waals surface area contributed by atoms with Crippen LogP contribution in [0.25, 0.3) is 11.6 Å². The van der Waals surface area contributed by atoms with Gasteiger partial charge in [-0.1, -0.05) is 60.7 Å². The van der Waals surface area contributed by atoms with Crippen LogP contribution in [0.2, 0.25) is 0 Å². The third-order valence-corrected chi connectivity index (χ3v) is 7.12. The third-order valence-electron chi connectivity index (χ3n) is 5.36. The van der Waals surface area contributed by atoms with E-state index < -0.39 is 15.3 Å². The zero-order valence-electron chi connectivity index (χ0n) is 16.7. The van der Waals surface area contributed by atoms with E-state index in [1.165, 1.54) is 27.8 Å². The molecular weight excluding hydrogens is 378 g/mol. The molecule has 29 heavy (non-hydrogen) atoms. The van der Waals surface area contributed by atoms with Crippen molar-refractivity contribution in [3.63, 3.8) is 0 Å². The van der Waals surface area contributed by atoms with Gasteiger partial charge in [-0.15, -0.1) is 0 Å². The minimum absolute atomic E-state index is 0.481. The van der Waals surface area contributed by atoms with Gasteiger partial charge in [0, 0.05) is 5.69 Å². The lowest BCUT2D eigenvalue weighted by molar-refractivity contribution is 0.593. The van der Waals surface area contributed by atoms with Crippen LogP contribution in [0.15, 0.2) is 72.8 Å². The van der Waals surface area contributed by atoms with Crippen LogP contribution in [-0.4, -0.2) is 13.7 Å². The molecule has 0 saturated carbocycles. The van der Waals surface area contributed by atoms with Gasteiger partial charge in [-0.25, -0.2) is 8.42 Å². The lowest BCUT2D eigenvalue weighted by Gasteiger charge is -2.13.